The first kappa shape index (κ1) is 10.2. The van der Waals surface area contributed by atoms with Crippen molar-refractivity contribution in [1.82, 2.24) is 14.9 Å². The fourth-order valence-corrected chi connectivity index (χ4v) is 2.06. The number of H-pyrrole nitrogens is 1. The average molecular weight is 208 g/mol. The number of carbonyl (C=O) groups is 1. The third-order valence-corrected chi connectivity index (χ3v) is 2.87. The Morgan fingerprint density at radius 3 is 3.13 bits per heavy atom. The summed E-state index contributed by atoms with van der Waals surface area (Å²) >= 11 is 0. The highest BCUT2D eigenvalue weighted by molar-refractivity contribution is 5.90. The Hall–Kier alpha value is -1.36. The number of aromatic amines is 1. The van der Waals surface area contributed by atoms with Gasteiger partial charge < -0.3 is 15.6 Å². The Kier molecular flexibility index (Phi) is 2.73. The minimum atomic E-state index is -0.446. The second-order valence-corrected chi connectivity index (χ2v) is 4.15. The number of likely N-dealkylation sites (N-methyl/N-ethyl adjacent to an activating group) is 1. The predicted octanol–water partition coefficient (Wildman–Crippen LogP) is 0.318. The fourth-order valence-electron chi connectivity index (χ4n) is 2.06. The second kappa shape index (κ2) is 4.02. The van der Waals surface area contributed by atoms with Crippen molar-refractivity contribution >= 4 is 5.91 Å². The third kappa shape index (κ3) is 2.18. The summed E-state index contributed by atoms with van der Waals surface area (Å²) in [5.74, 6) is 0.838. The molecule has 15 heavy (non-hydrogen) atoms. The van der Waals surface area contributed by atoms with Crippen molar-refractivity contribution < 1.29 is 4.79 Å². The van der Waals surface area contributed by atoms with Crippen LogP contribution in [0.1, 0.15) is 35.1 Å². The third-order valence-electron chi connectivity index (χ3n) is 2.87. The van der Waals surface area contributed by atoms with Gasteiger partial charge in [0.1, 0.15) is 11.5 Å². The van der Waals surface area contributed by atoms with E-state index in [-0.39, 0.29) is 0 Å². The van der Waals surface area contributed by atoms with Gasteiger partial charge in [-0.15, -0.1) is 0 Å². The molecule has 1 aromatic rings. The lowest BCUT2D eigenvalue weighted by atomic mass is 9.98. The number of aromatic nitrogens is 2. The number of amides is 1. The first-order chi connectivity index (χ1) is 7.16. The minimum Gasteiger partial charge on any atom is -0.364 e. The molecule has 0 saturated carbocycles. The monoisotopic (exact) mass is 208 g/mol. The van der Waals surface area contributed by atoms with Crippen molar-refractivity contribution in [3.05, 3.63) is 17.7 Å². The van der Waals surface area contributed by atoms with E-state index in [1.807, 2.05) is 0 Å². The smallest absolute Gasteiger partial charge is 0.266 e. The number of nitrogens with one attached hydrogen (secondary N) is 1. The topological polar surface area (TPSA) is 75.0 Å². The molecule has 1 aromatic heterocycles. The van der Waals surface area contributed by atoms with Crippen LogP contribution >= 0.6 is 0 Å². The maximum absolute atomic E-state index is 10.9. The number of primary amides is 1. The van der Waals surface area contributed by atoms with Gasteiger partial charge in [0.15, 0.2) is 0 Å². The molecular weight excluding hydrogens is 192 g/mol. The van der Waals surface area contributed by atoms with Crippen molar-refractivity contribution in [3.8, 4) is 0 Å². The lowest BCUT2D eigenvalue weighted by Crippen LogP contribution is -2.31. The summed E-state index contributed by atoms with van der Waals surface area (Å²) in [6, 6.07) is 0. The number of rotatable bonds is 2. The van der Waals surface area contributed by atoms with E-state index in [1.165, 1.54) is 12.6 Å². The van der Waals surface area contributed by atoms with Crippen molar-refractivity contribution in [2.24, 2.45) is 5.73 Å². The van der Waals surface area contributed by atoms with E-state index in [0.717, 1.165) is 25.3 Å². The van der Waals surface area contributed by atoms with E-state index in [4.69, 9.17) is 5.73 Å². The molecule has 0 bridgehead atoms. The number of piperidine rings is 1. The Balaban J connectivity index is 2.11. The largest absolute Gasteiger partial charge is 0.364 e. The lowest BCUT2D eigenvalue weighted by Gasteiger charge is -2.28. The zero-order chi connectivity index (χ0) is 10.8. The Morgan fingerprint density at radius 2 is 2.53 bits per heavy atom. The molecule has 1 aliphatic rings. The molecule has 0 spiro atoms. The SMILES string of the molecule is CN1CCC[C@@H](c2ncc(C(N)=O)[nH]2)C1. The van der Waals surface area contributed by atoms with Crippen molar-refractivity contribution in [3.63, 3.8) is 0 Å². The molecule has 5 heteroatoms. The summed E-state index contributed by atoms with van der Waals surface area (Å²) in [6.45, 7) is 2.13. The number of nitrogens with two attached hydrogens (primary N) is 1. The number of imidazole rings is 1. The Morgan fingerprint density at radius 1 is 1.73 bits per heavy atom. The van der Waals surface area contributed by atoms with Gasteiger partial charge in [0.2, 0.25) is 0 Å². The number of hydrogen-bond donors (Lipinski definition) is 2. The molecule has 1 atom stereocenters. The van der Waals surface area contributed by atoms with E-state index in [9.17, 15) is 4.79 Å². The van der Waals surface area contributed by atoms with Gasteiger partial charge in [-0.2, -0.15) is 0 Å². The number of likely N-dealkylation sites (tertiary alicyclic amines) is 1. The van der Waals surface area contributed by atoms with E-state index in [1.54, 1.807) is 0 Å². The molecule has 0 aromatic carbocycles. The van der Waals surface area contributed by atoms with Crippen LogP contribution in [0, 0.1) is 0 Å². The summed E-state index contributed by atoms with van der Waals surface area (Å²) in [6.07, 6.45) is 3.82. The molecule has 2 rings (SSSR count). The molecule has 3 N–H and O–H groups in total. The molecule has 0 unspecified atom stereocenters. The molecule has 1 saturated heterocycles. The molecule has 1 fully saturated rings. The first-order valence-corrected chi connectivity index (χ1v) is 5.20. The minimum absolute atomic E-state index is 0.400. The Bertz CT molecular complexity index is 360. The Labute approximate surface area is 88.7 Å². The zero-order valence-corrected chi connectivity index (χ0v) is 8.86. The van der Waals surface area contributed by atoms with Crippen LogP contribution in [-0.2, 0) is 0 Å². The summed E-state index contributed by atoms with van der Waals surface area (Å²) in [4.78, 5) is 20.4. The van der Waals surface area contributed by atoms with Gasteiger partial charge in [-0.1, -0.05) is 0 Å². The molecular formula is C10H16N4O. The zero-order valence-electron chi connectivity index (χ0n) is 8.86. The molecule has 0 aliphatic carbocycles. The predicted molar refractivity (Wildman–Crippen MR) is 56.6 cm³/mol. The van der Waals surface area contributed by atoms with Crippen LogP contribution in [0.25, 0.3) is 0 Å². The lowest BCUT2D eigenvalue weighted by molar-refractivity contribution is 0.0996. The van der Waals surface area contributed by atoms with Gasteiger partial charge in [-0.05, 0) is 26.4 Å². The van der Waals surface area contributed by atoms with E-state index in [2.05, 4.69) is 21.9 Å². The fraction of sp³-hybridized carbons (Fsp3) is 0.600. The van der Waals surface area contributed by atoms with Crippen molar-refractivity contribution in [2.75, 3.05) is 20.1 Å². The highest BCUT2D eigenvalue weighted by Crippen LogP contribution is 2.23. The van der Waals surface area contributed by atoms with Crippen LogP contribution < -0.4 is 5.73 Å². The van der Waals surface area contributed by atoms with E-state index in [0.29, 0.717) is 11.6 Å². The maximum atomic E-state index is 10.9. The summed E-state index contributed by atoms with van der Waals surface area (Å²) in [5.41, 5.74) is 5.56. The number of carbonyl (C=O) groups excluding carboxylic acids is 1. The molecule has 1 aliphatic heterocycles. The second-order valence-electron chi connectivity index (χ2n) is 4.15. The maximum Gasteiger partial charge on any atom is 0.266 e. The quantitative estimate of drug-likeness (QED) is 0.735. The van der Waals surface area contributed by atoms with Crippen molar-refractivity contribution in [1.29, 1.82) is 0 Å². The molecule has 0 radical (unpaired) electrons. The van der Waals surface area contributed by atoms with Gasteiger partial charge in [-0.3, -0.25) is 4.79 Å². The van der Waals surface area contributed by atoms with E-state index < -0.39 is 5.91 Å². The number of nitrogens with zero attached hydrogens (tertiary/aromatic N) is 2. The summed E-state index contributed by atoms with van der Waals surface area (Å²) in [7, 11) is 2.10. The highest BCUT2D eigenvalue weighted by atomic mass is 16.1. The van der Waals surface area contributed by atoms with Crippen LogP contribution in [0.3, 0.4) is 0 Å². The summed E-state index contributed by atoms with van der Waals surface area (Å²) < 4.78 is 0. The normalized spacial score (nSPS) is 22.9. The van der Waals surface area contributed by atoms with Crippen molar-refractivity contribution in [2.45, 2.75) is 18.8 Å². The standard InChI is InChI=1S/C10H16N4O/c1-14-4-2-3-7(6-14)10-12-5-8(13-10)9(11)15/h5,7H,2-4,6H2,1H3,(H2,11,15)(H,12,13)/t7-/m1/s1. The molecule has 1 amide bonds. The number of hydrogen-bond acceptors (Lipinski definition) is 3. The van der Waals surface area contributed by atoms with Gasteiger partial charge in [0, 0.05) is 12.5 Å². The van der Waals surface area contributed by atoms with Gasteiger partial charge in [0.25, 0.3) is 5.91 Å². The molecule has 82 valence electrons. The van der Waals surface area contributed by atoms with E-state index >= 15 is 0 Å². The first-order valence-electron chi connectivity index (χ1n) is 5.20. The molecule has 5 nitrogen and oxygen atoms in total. The van der Waals surface area contributed by atoms with Crippen LogP contribution in [0.2, 0.25) is 0 Å². The van der Waals surface area contributed by atoms with Gasteiger partial charge in [-0.25, -0.2) is 4.98 Å². The van der Waals surface area contributed by atoms with Gasteiger partial charge >= 0.3 is 0 Å². The van der Waals surface area contributed by atoms with Crippen LogP contribution in [0.4, 0.5) is 0 Å². The molecule has 2 heterocycles. The van der Waals surface area contributed by atoms with Crippen LogP contribution in [0.15, 0.2) is 6.20 Å². The van der Waals surface area contributed by atoms with Crippen LogP contribution in [-0.4, -0.2) is 40.9 Å². The van der Waals surface area contributed by atoms with Gasteiger partial charge in [0.05, 0.1) is 6.20 Å². The van der Waals surface area contributed by atoms with Crippen LogP contribution in [0.5, 0.6) is 0 Å². The average Bonchev–Trinajstić information content (AvgIpc) is 2.66. The summed E-state index contributed by atoms with van der Waals surface area (Å²) in [5, 5.41) is 0. The highest BCUT2D eigenvalue weighted by Gasteiger charge is 2.21.